The number of alkyl halides is 3. The normalized spacial score (nSPS) is 11.9. The van der Waals surface area contributed by atoms with Crippen LogP contribution in [0.5, 0.6) is 0 Å². The number of H-pyrrole nitrogens is 1. The fourth-order valence-corrected chi connectivity index (χ4v) is 2.49. The molecule has 3 aromatic rings. The largest absolute Gasteiger partial charge is 0.417 e. The van der Waals surface area contributed by atoms with Crippen LogP contribution < -0.4 is 5.32 Å². The van der Waals surface area contributed by atoms with Crippen LogP contribution in [0.25, 0.3) is 11.4 Å². The number of hydrogen-bond acceptors (Lipinski definition) is 5. The van der Waals surface area contributed by atoms with Crippen LogP contribution in [0, 0.1) is 13.8 Å². The van der Waals surface area contributed by atoms with Crippen molar-refractivity contribution in [2.45, 2.75) is 39.8 Å². The van der Waals surface area contributed by atoms with E-state index in [9.17, 15) is 13.2 Å². The number of aromatic nitrogens is 5. The van der Waals surface area contributed by atoms with Gasteiger partial charge in [-0.25, -0.2) is 9.97 Å². The van der Waals surface area contributed by atoms with Gasteiger partial charge in [0.15, 0.2) is 5.82 Å². The number of anilines is 2. The highest BCUT2D eigenvalue weighted by molar-refractivity contribution is 5.65. The van der Waals surface area contributed by atoms with Gasteiger partial charge in [-0.1, -0.05) is 32.0 Å². The van der Waals surface area contributed by atoms with E-state index < -0.39 is 11.7 Å². The van der Waals surface area contributed by atoms with E-state index in [1.54, 1.807) is 13.8 Å². The minimum absolute atomic E-state index is 0.00635. The lowest BCUT2D eigenvalue weighted by molar-refractivity contribution is -0.137. The Balaban J connectivity index is 2.05. The number of aromatic amines is 1. The highest BCUT2D eigenvalue weighted by Crippen LogP contribution is 2.36. The maximum atomic E-state index is 13.3. The summed E-state index contributed by atoms with van der Waals surface area (Å²) in [6.45, 7) is 7.44. The molecule has 0 spiro atoms. The third-order valence-corrected chi connectivity index (χ3v) is 4.14. The summed E-state index contributed by atoms with van der Waals surface area (Å²) < 4.78 is 40.0. The lowest BCUT2D eigenvalue weighted by atomic mass is 10.1. The van der Waals surface area contributed by atoms with E-state index in [1.165, 1.54) is 18.2 Å². The molecule has 1 aromatic carbocycles. The first-order valence-corrected chi connectivity index (χ1v) is 8.38. The minimum atomic E-state index is -4.50. The maximum absolute atomic E-state index is 13.3. The van der Waals surface area contributed by atoms with Gasteiger partial charge in [0.1, 0.15) is 11.6 Å². The van der Waals surface area contributed by atoms with Crippen molar-refractivity contribution in [1.29, 1.82) is 0 Å². The third kappa shape index (κ3) is 3.91. The molecule has 0 bridgehead atoms. The molecule has 0 unspecified atom stereocenters. The van der Waals surface area contributed by atoms with Gasteiger partial charge in [-0.2, -0.15) is 18.2 Å². The molecule has 3 rings (SSSR count). The zero-order chi connectivity index (χ0) is 19.8. The molecule has 0 saturated heterocycles. The van der Waals surface area contributed by atoms with E-state index in [-0.39, 0.29) is 17.3 Å². The number of halogens is 3. The van der Waals surface area contributed by atoms with Crippen molar-refractivity contribution in [2.24, 2.45) is 0 Å². The van der Waals surface area contributed by atoms with Crippen molar-refractivity contribution in [3.8, 4) is 11.4 Å². The average molecular weight is 376 g/mol. The first kappa shape index (κ1) is 18.8. The van der Waals surface area contributed by atoms with E-state index in [4.69, 9.17) is 0 Å². The first-order valence-electron chi connectivity index (χ1n) is 8.38. The molecule has 0 radical (unpaired) electrons. The predicted molar refractivity (Wildman–Crippen MR) is 95.7 cm³/mol. The van der Waals surface area contributed by atoms with E-state index in [0.29, 0.717) is 28.8 Å². The van der Waals surface area contributed by atoms with Crippen molar-refractivity contribution >= 4 is 11.8 Å². The summed E-state index contributed by atoms with van der Waals surface area (Å²) in [6.07, 6.45) is -4.50. The summed E-state index contributed by atoms with van der Waals surface area (Å²) in [5.74, 6) is 1.52. The Kier molecular flexibility index (Phi) is 4.86. The maximum Gasteiger partial charge on any atom is 0.417 e. The molecular weight excluding hydrogens is 357 g/mol. The molecule has 0 aliphatic carbocycles. The van der Waals surface area contributed by atoms with Crippen molar-refractivity contribution in [3.05, 3.63) is 46.9 Å². The molecule has 0 amide bonds. The molecule has 9 heteroatoms. The molecule has 2 N–H and O–H groups in total. The Hall–Kier alpha value is -2.97. The van der Waals surface area contributed by atoms with Gasteiger partial charge >= 0.3 is 6.18 Å². The Bertz CT molecular complexity index is 962. The van der Waals surface area contributed by atoms with Crippen LogP contribution in [-0.4, -0.2) is 25.1 Å². The van der Waals surface area contributed by atoms with Gasteiger partial charge in [-0.15, -0.1) is 5.10 Å². The van der Waals surface area contributed by atoms with E-state index in [2.05, 4.69) is 30.5 Å². The Morgan fingerprint density at radius 2 is 1.74 bits per heavy atom. The monoisotopic (exact) mass is 376 g/mol. The second kappa shape index (κ2) is 6.98. The first-order chi connectivity index (χ1) is 12.7. The lowest BCUT2D eigenvalue weighted by Gasteiger charge is -2.14. The van der Waals surface area contributed by atoms with E-state index >= 15 is 0 Å². The van der Waals surface area contributed by atoms with Gasteiger partial charge in [-0.3, -0.25) is 5.10 Å². The second-order valence-electron chi connectivity index (χ2n) is 6.47. The second-order valence-corrected chi connectivity index (χ2v) is 6.47. The molecule has 0 aliphatic rings. The van der Waals surface area contributed by atoms with Gasteiger partial charge in [0.05, 0.1) is 5.56 Å². The van der Waals surface area contributed by atoms with E-state index in [1.807, 2.05) is 13.8 Å². The van der Waals surface area contributed by atoms with Crippen LogP contribution in [0.15, 0.2) is 24.3 Å². The molecule has 27 heavy (non-hydrogen) atoms. The van der Waals surface area contributed by atoms with Crippen LogP contribution >= 0.6 is 0 Å². The Labute approximate surface area is 154 Å². The predicted octanol–water partition coefficient (Wildman–Crippen LogP) is 4.76. The van der Waals surface area contributed by atoms with Crippen LogP contribution in [0.1, 0.15) is 42.4 Å². The topological polar surface area (TPSA) is 79.4 Å². The number of hydrogen-bond donors (Lipinski definition) is 2. The molecule has 2 heterocycles. The third-order valence-electron chi connectivity index (χ3n) is 4.14. The van der Waals surface area contributed by atoms with Gasteiger partial charge in [-0.05, 0) is 19.9 Å². The molecule has 2 aromatic heterocycles. The van der Waals surface area contributed by atoms with Crippen LogP contribution in [-0.2, 0) is 6.18 Å². The fraction of sp³-hybridized carbons (Fsp3) is 0.333. The van der Waals surface area contributed by atoms with Crippen LogP contribution in [0.2, 0.25) is 0 Å². The Morgan fingerprint density at radius 3 is 2.37 bits per heavy atom. The summed E-state index contributed by atoms with van der Waals surface area (Å²) in [4.78, 5) is 12.9. The van der Waals surface area contributed by atoms with Crippen LogP contribution in [0.3, 0.4) is 0 Å². The summed E-state index contributed by atoms with van der Waals surface area (Å²) in [5.41, 5.74) is 0.423. The van der Waals surface area contributed by atoms with Crippen molar-refractivity contribution in [3.63, 3.8) is 0 Å². The zero-order valence-corrected chi connectivity index (χ0v) is 15.3. The van der Waals surface area contributed by atoms with Gasteiger partial charge in [0, 0.05) is 22.7 Å². The summed E-state index contributed by atoms with van der Waals surface area (Å²) >= 11 is 0. The highest BCUT2D eigenvalue weighted by atomic mass is 19.4. The number of nitrogens with one attached hydrogen (secondary N) is 2. The fourth-order valence-electron chi connectivity index (χ4n) is 2.49. The van der Waals surface area contributed by atoms with E-state index in [0.717, 1.165) is 6.07 Å². The van der Waals surface area contributed by atoms with Crippen molar-refractivity contribution in [2.75, 3.05) is 5.32 Å². The van der Waals surface area contributed by atoms with Crippen LogP contribution in [0.4, 0.5) is 24.9 Å². The SMILES string of the molecule is Cc1nc(-c2ccccc2C(F)(F)F)nc(Nc2n[nH]c(C(C)C)n2)c1C. The summed E-state index contributed by atoms with van der Waals surface area (Å²) in [5, 5.41) is 9.86. The number of benzene rings is 1. The quantitative estimate of drug-likeness (QED) is 0.686. The number of aryl methyl sites for hydroxylation is 1. The summed E-state index contributed by atoms with van der Waals surface area (Å²) in [6, 6.07) is 5.25. The zero-order valence-electron chi connectivity index (χ0n) is 15.3. The molecule has 142 valence electrons. The molecule has 0 atom stereocenters. The minimum Gasteiger partial charge on any atom is -0.307 e. The molecule has 0 saturated carbocycles. The summed E-state index contributed by atoms with van der Waals surface area (Å²) in [7, 11) is 0. The standard InChI is InChI=1S/C18H19F3N6/c1-9(2)14-24-17(27-26-14)25-15-10(3)11(4)22-16(23-15)12-7-5-6-8-13(12)18(19,20)21/h5-9H,1-4H3,(H2,22,23,24,25,26,27). The van der Waals surface area contributed by atoms with Gasteiger partial charge in [0.2, 0.25) is 5.95 Å². The van der Waals surface area contributed by atoms with Gasteiger partial charge in [0.25, 0.3) is 0 Å². The smallest absolute Gasteiger partial charge is 0.307 e. The Morgan fingerprint density at radius 1 is 1.04 bits per heavy atom. The highest BCUT2D eigenvalue weighted by Gasteiger charge is 2.34. The molecule has 0 aliphatic heterocycles. The lowest BCUT2D eigenvalue weighted by Crippen LogP contribution is -2.10. The van der Waals surface area contributed by atoms with Crippen molar-refractivity contribution in [1.82, 2.24) is 25.1 Å². The average Bonchev–Trinajstić information content (AvgIpc) is 3.07. The molecular formula is C18H19F3N6. The molecule has 6 nitrogen and oxygen atoms in total. The number of nitrogens with zero attached hydrogens (tertiary/aromatic N) is 4. The molecule has 0 fully saturated rings. The number of rotatable bonds is 4. The van der Waals surface area contributed by atoms with Crippen molar-refractivity contribution < 1.29 is 13.2 Å². The van der Waals surface area contributed by atoms with Gasteiger partial charge < -0.3 is 5.32 Å².